The molecule has 0 unspecified atom stereocenters. The fraction of sp³-hybridized carbons (Fsp3) is 0.250. The van der Waals surface area contributed by atoms with E-state index in [1.165, 1.54) is 0 Å². The number of thiazole rings is 1. The summed E-state index contributed by atoms with van der Waals surface area (Å²) in [5.41, 5.74) is 8.39. The van der Waals surface area contributed by atoms with Crippen molar-refractivity contribution in [3.8, 4) is 10.7 Å². The second-order valence-corrected chi connectivity index (χ2v) is 5.15. The Hall–Kier alpha value is -1.79. The van der Waals surface area contributed by atoms with Gasteiger partial charge in [0.1, 0.15) is 10.5 Å². The van der Waals surface area contributed by atoms with E-state index in [1.807, 2.05) is 30.7 Å². The Morgan fingerprint density at radius 3 is 2.89 bits per heavy atom. The summed E-state index contributed by atoms with van der Waals surface area (Å²) in [7, 11) is 1.97. The minimum absolute atomic E-state index is 0.466. The second kappa shape index (κ2) is 4.15. The number of nitrogens with two attached hydrogens (primary N) is 1. The van der Waals surface area contributed by atoms with Crippen LogP contribution in [0.5, 0.6) is 0 Å². The highest BCUT2D eigenvalue weighted by atomic mass is 32.1. The smallest absolute Gasteiger partial charge is 0.160 e. The van der Waals surface area contributed by atoms with Crippen molar-refractivity contribution in [2.45, 2.75) is 13.5 Å². The summed E-state index contributed by atoms with van der Waals surface area (Å²) in [4.78, 5) is 14.5. The quantitative estimate of drug-likeness (QED) is 0.762. The summed E-state index contributed by atoms with van der Waals surface area (Å²) < 4.78 is 2.00. The fourth-order valence-corrected chi connectivity index (χ4v) is 2.94. The van der Waals surface area contributed by atoms with Gasteiger partial charge in [-0.15, -0.1) is 11.3 Å². The second-order valence-electron chi connectivity index (χ2n) is 4.07. The standard InChI is InChI=1S/C12H13N5S/c1-7-10(18-9(6-13)15-7)12-16-8-4-3-5-14-11(8)17(12)2/h3-5H,6,13H2,1-2H3. The van der Waals surface area contributed by atoms with Crippen LogP contribution in [0.4, 0.5) is 0 Å². The monoisotopic (exact) mass is 259 g/mol. The highest BCUT2D eigenvalue weighted by molar-refractivity contribution is 7.15. The highest BCUT2D eigenvalue weighted by Crippen LogP contribution is 2.30. The van der Waals surface area contributed by atoms with E-state index in [-0.39, 0.29) is 0 Å². The largest absolute Gasteiger partial charge is 0.325 e. The van der Waals surface area contributed by atoms with Gasteiger partial charge in [0.15, 0.2) is 11.5 Å². The van der Waals surface area contributed by atoms with Gasteiger partial charge in [-0.3, -0.25) is 0 Å². The minimum atomic E-state index is 0.466. The van der Waals surface area contributed by atoms with Crippen molar-refractivity contribution in [3.05, 3.63) is 29.0 Å². The Kier molecular flexibility index (Phi) is 2.61. The van der Waals surface area contributed by atoms with Crippen LogP contribution >= 0.6 is 11.3 Å². The average Bonchev–Trinajstić information content (AvgIpc) is 2.91. The summed E-state index contributed by atoms with van der Waals surface area (Å²) in [5.74, 6) is 0.901. The molecular formula is C12H13N5S. The predicted molar refractivity (Wildman–Crippen MR) is 72.2 cm³/mol. The van der Waals surface area contributed by atoms with E-state index in [1.54, 1.807) is 17.5 Å². The van der Waals surface area contributed by atoms with Gasteiger partial charge >= 0.3 is 0 Å². The fourth-order valence-electron chi connectivity index (χ4n) is 1.97. The first-order valence-corrected chi connectivity index (χ1v) is 6.46. The third-order valence-electron chi connectivity index (χ3n) is 2.85. The zero-order valence-corrected chi connectivity index (χ0v) is 11.0. The molecule has 0 saturated carbocycles. The Morgan fingerprint density at radius 2 is 2.22 bits per heavy atom. The number of pyridine rings is 1. The van der Waals surface area contributed by atoms with Crippen LogP contribution in [-0.2, 0) is 13.6 Å². The number of fused-ring (bicyclic) bond motifs is 1. The van der Waals surface area contributed by atoms with Crippen molar-refractivity contribution in [2.75, 3.05) is 0 Å². The third kappa shape index (κ3) is 1.61. The summed E-state index contributed by atoms with van der Waals surface area (Å²) >= 11 is 1.59. The van der Waals surface area contributed by atoms with Crippen LogP contribution in [0.2, 0.25) is 0 Å². The normalized spacial score (nSPS) is 11.3. The molecule has 3 aromatic heterocycles. The summed E-state index contributed by atoms with van der Waals surface area (Å²) in [6, 6.07) is 3.86. The number of aryl methyl sites for hydroxylation is 2. The first kappa shape index (κ1) is 11.3. The maximum atomic E-state index is 5.63. The molecule has 2 N–H and O–H groups in total. The minimum Gasteiger partial charge on any atom is -0.325 e. The number of nitrogens with zero attached hydrogens (tertiary/aromatic N) is 4. The first-order valence-electron chi connectivity index (χ1n) is 5.65. The average molecular weight is 259 g/mol. The number of rotatable bonds is 2. The van der Waals surface area contributed by atoms with Gasteiger partial charge in [-0.25, -0.2) is 15.0 Å². The predicted octanol–water partition coefficient (Wildman–Crippen LogP) is 1.86. The molecule has 0 atom stereocenters. The topological polar surface area (TPSA) is 69.6 Å². The van der Waals surface area contributed by atoms with Gasteiger partial charge < -0.3 is 10.3 Å². The maximum absolute atomic E-state index is 5.63. The van der Waals surface area contributed by atoms with Crippen molar-refractivity contribution in [2.24, 2.45) is 12.8 Å². The molecule has 92 valence electrons. The molecular weight excluding hydrogens is 246 g/mol. The molecule has 3 aromatic rings. The number of hydrogen-bond donors (Lipinski definition) is 1. The first-order chi connectivity index (χ1) is 8.70. The Labute approximate surface area is 108 Å². The zero-order valence-electron chi connectivity index (χ0n) is 10.2. The van der Waals surface area contributed by atoms with Crippen molar-refractivity contribution in [1.82, 2.24) is 19.5 Å². The third-order valence-corrected chi connectivity index (χ3v) is 4.02. The van der Waals surface area contributed by atoms with E-state index >= 15 is 0 Å². The molecule has 0 aliphatic carbocycles. The Balaban J connectivity index is 2.24. The lowest BCUT2D eigenvalue weighted by Gasteiger charge is -1.98. The molecule has 0 fully saturated rings. The molecule has 3 rings (SSSR count). The lowest BCUT2D eigenvalue weighted by molar-refractivity contribution is 0.941. The van der Waals surface area contributed by atoms with Crippen LogP contribution in [0, 0.1) is 6.92 Å². The van der Waals surface area contributed by atoms with Crippen molar-refractivity contribution in [1.29, 1.82) is 0 Å². The number of aromatic nitrogens is 4. The van der Waals surface area contributed by atoms with Crippen LogP contribution in [0.1, 0.15) is 10.7 Å². The van der Waals surface area contributed by atoms with Crippen molar-refractivity contribution >= 4 is 22.5 Å². The lowest BCUT2D eigenvalue weighted by atomic mass is 10.4. The molecule has 6 heteroatoms. The number of imidazole rings is 1. The lowest BCUT2D eigenvalue weighted by Crippen LogP contribution is -1.94. The molecule has 0 spiro atoms. The van der Waals surface area contributed by atoms with Crippen LogP contribution in [0.15, 0.2) is 18.3 Å². The van der Waals surface area contributed by atoms with E-state index in [9.17, 15) is 0 Å². The van der Waals surface area contributed by atoms with Crippen molar-refractivity contribution < 1.29 is 0 Å². The van der Waals surface area contributed by atoms with Crippen LogP contribution in [0.25, 0.3) is 21.9 Å². The molecule has 18 heavy (non-hydrogen) atoms. The molecule has 0 radical (unpaired) electrons. The zero-order chi connectivity index (χ0) is 12.7. The van der Waals surface area contributed by atoms with Crippen LogP contribution in [0.3, 0.4) is 0 Å². The van der Waals surface area contributed by atoms with Gasteiger partial charge in [-0.2, -0.15) is 0 Å². The van der Waals surface area contributed by atoms with Gasteiger partial charge in [0, 0.05) is 19.8 Å². The van der Waals surface area contributed by atoms with Crippen LogP contribution in [-0.4, -0.2) is 19.5 Å². The van der Waals surface area contributed by atoms with Gasteiger partial charge in [0.25, 0.3) is 0 Å². The van der Waals surface area contributed by atoms with Crippen LogP contribution < -0.4 is 5.73 Å². The van der Waals surface area contributed by atoms with Gasteiger partial charge in [-0.1, -0.05) is 0 Å². The van der Waals surface area contributed by atoms with E-state index in [4.69, 9.17) is 5.73 Å². The highest BCUT2D eigenvalue weighted by Gasteiger charge is 2.16. The van der Waals surface area contributed by atoms with E-state index < -0.39 is 0 Å². The van der Waals surface area contributed by atoms with Gasteiger partial charge in [0.2, 0.25) is 0 Å². The van der Waals surface area contributed by atoms with E-state index in [0.717, 1.165) is 32.6 Å². The molecule has 0 saturated heterocycles. The Morgan fingerprint density at radius 1 is 1.39 bits per heavy atom. The van der Waals surface area contributed by atoms with Crippen molar-refractivity contribution in [3.63, 3.8) is 0 Å². The van der Waals surface area contributed by atoms with Gasteiger partial charge in [-0.05, 0) is 19.1 Å². The maximum Gasteiger partial charge on any atom is 0.160 e. The molecule has 3 heterocycles. The number of hydrogen-bond acceptors (Lipinski definition) is 5. The van der Waals surface area contributed by atoms with E-state index in [0.29, 0.717) is 6.54 Å². The molecule has 0 amide bonds. The summed E-state index contributed by atoms with van der Waals surface area (Å²) in [5, 5.41) is 0.933. The summed E-state index contributed by atoms with van der Waals surface area (Å²) in [6.45, 7) is 2.45. The van der Waals surface area contributed by atoms with Gasteiger partial charge in [0.05, 0.1) is 10.6 Å². The SMILES string of the molecule is Cc1nc(CN)sc1-c1nc2cccnc2n1C. The molecule has 5 nitrogen and oxygen atoms in total. The molecule has 0 bridgehead atoms. The molecule has 0 aliphatic rings. The molecule has 0 aromatic carbocycles. The summed E-state index contributed by atoms with van der Waals surface area (Å²) in [6.07, 6.45) is 1.78. The molecule has 0 aliphatic heterocycles. The van der Waals surface area contributed by atoms with E-state index in [2.05, 4.69) is 15.0 Å². The Bertz CT molecular complexity index is 712.